The van der Waals surface area contributed by atoms with Crippen LogP contribution in [0.25, 0.3) is 0 Å². The highest BCUT2D eigenvalue weighted by molar-refractivity contribution is 7.89. The summed E-state index contributed by atoms with van der Waals surface area (Å²) in [5.41, 5.74) is 0.747. The van der Waals surface area contributed by atoms with Crippen molar-refractivity contribution in [2.75, 3.05) is 17.7 Å². The highest BCUT2D eigenvalue weighted by Crippen LogP contribution is 2.22. The molecular formula is C19H20ClN3O6S. The monoisotopic (exact) mass is 453 g/mol. The summed E-state index contributed by atoms with van der Waals surface area (Å²) in [6.45, 7) is 2.71. The number of carbonyl (C=O) groups is 3. The van der Waals surface area contributed by atoms with Gasteiger partial charge in [-0.15, -0.1) is 0 Å². The maximum Gasteiger partial charge on any atom is 0.339 e. The predicted octanol–water partition coefficient (Wildman–Crippen LogP) is 2.39. The second-order valence-corrected chi connectivity index (χ2v) is 8.35. The molecule has 2 aromatic rings. The lowest BCUT2D eigenvalue weighted by atomic mass is 10.2. The van der Waals surface area contributed by atoms with E-state index in [9.17, 15) is 22.8 Å². The quantitative estimate of drug-likeness (QED) is 0.552. The second kappa shape index (κ2) is 9.70. The molecule has 1 atom stereocenters. The standard InChI is InChI=1S/C19H20ClN3O6S/c1-11(18(25)22-14-6-9-17(20)16(10-14)19(26)29-3)23-30(27,28)15-7-4-13(5-8-15)21-12(2)24/h4-11,23H,1-3H3,(H,21,24)(H,22,25)/t11-/m0/s1. The molecule has 0 spiro atoms. The smallest absolute Gasteiger partial charge is 0.339 e. The van der Waals surface area contributed by atoms with E-state index < -0.39 is 27.9 Å². The Morgan fingerprint density at radius 3 is 2.17 bits per heavy atom. The van der Waals surface area contributed by atoms with Gasteiger partial charge in [-0.25, -0.2) is 13.2 Å². The minimum absolute atomic E-state index is 0.0597. The predicted molar refractivity (Wildman–Crippen MR) is 112 cm³/mol. The number of ether oxygens (including phenoxy) is 1. The third-order valence-electron chi connectivity index (χ3n) is 3.85. The number of sulfonamides is 1. The van der Waals surface area contributed by atoms with Crippen molar-refractivity contribution >= 4 is 50.8 Å². The summed E-state index contributed by atoms with van der Waals surface area (Å²) in [7, 11) is -2.80. The Morgan fingerprint density at radius 1 is 1.00 bits per heavy atom. The van der Waals surface area contributed by atoms with Crippen LogP contribution >= 0.6 is 11.6 Å². The van der Waals surface area contributed by atoms with Crippen LogP contribution in [0.5, 0.6) is 0 Å². The zero-order chi connectivity index (χ0) is 22.5. The van der Waals surface area contributed by atoms with Crippen LogP contribution in [0, 0.1) is 0 Å². The van der Waals surface area contributed by atoms with Gasteiger partial charge in [-0.2, -0.15) is 4.72 Å². The molecule has 0 radical (unpaired) electrons. The number of carbonyl (C=O) groups excluding carboxylic acids is 3. The van der Waals surface area contributed by atoms with Gasteiger partial charge in [0, 0.05) is 18.3 Å². The lowest BCUT2D eigenvalue weighted by Crippen LogP contribution is -2.41. The maximum atomic E-state index is 12.5. The number of hydrogen-bond donors (Lipinski definition) is 3. The topological polar surface area (TPSA) is 131 Å². The minimum Gasteiger partial charge on any atom is -0.465 e. The molecule has 9 nitrogen and oxygen atoms in total. The van der Waals surface area contributed by atoms with Crippen molar-refractivity contribution < 1.29 is 27.5 Å². The van der Waals surface area contributed by atoms with E-state index in [-0.39, 0.29) is 27.1 Å². The van der Waals surface area contributed by atoms with Crippen LogP contribution in [0.2, 0.25) is 5.02 Å². The highest BCUT2D eigenvalue weighted by Gasteiger charge is 2.22. The molecule has 3 N–H and O–H groups in total. The zero-order valence-corrected chi connectivity index (χ0v) is 17.9. The van der Waals surface area contributed by atoms with Crippen LogP contribution in [0.1, 0.15) is 24.2 Å². The average molecular weight is 454 g/mol. The first-order chi connectivity index (χ1) is 14.0. The van der Waals surface area contributed by atoms with Crippen molar-refractivity contribution in [2.24, 2.45) is 0 Å². The van der Waals surface area contributed by atoms with Crippen LogP contribution in [0.15, 0.2) is 47.4 Å². The Balaban J connectivity index is 2.09. The fourth-order valence-corrected chi connectivity index (χ4v) is 3.79. The molecule has 30 heavy (non-hydrogen) atoms. The van der Waals surface area contributed by atoms with Gasteiger partial charge in [-0.3, -0.25) is 9.59 Å². The molecule has 0 saturated carbocycles. The second-order valence-electron chi connectivity index (χ2n) is 6.22. The summed E-state index contributed by atoms with van der Waals surface area (Å²) in [5.74, 6) is -1.61. The average Bonchev–Trinajstić information content (AvgIpc) is 2.68. The van der Waals surface area contributed by atoms with E-state index in [1.54, 1.807) is 0 Å². The molecule has 0 heterocycles. The van der Waals surface area contributed by atoms with Gasteiger partial charge in [-0.1, -0.05) is 11.6 Å². The number of methoxy groups -OCH3 is 1. The maximum absolute atomic E-state index is 12.5. The van der Waals surface area contributed by atoms with Crippen LogP contribution in [0.3, 0.4) is 0 Å². The van der Waals surface area contributed by atoms with E-state index >= 15 is 0 Å². The van der Waals surface area contributed by atoms with Crippen LogP contribution in [0.4, 0.5) is 11.4 Å². The van der Waals surface area contributed by atoms with E-state index in [2.05, 4.69) is 20.1 Å². The first-order valence-electron chi connectivity index (χ1n) is 8.62. The number of nitrogens with one attached hydrogen (secondary N) is 3. The van der Waals surface area contributed by atoms with Crippen LogP contribution in [-0.4, -0.2) is 39.4 Å². The van der Waals surface area contributed by atoms with Gasteiger partial charge in [0.05, 0.1) is 28.6 Å². The molecule has 0 unspecified atom stereocenters. The van der Waals surface area contributed by atoms with Crippen LogP contribution < -0.4 is 15.4 Å². The first-order valence-corrected chi connectivity index (χ1v) is 10.5. The molecule has 2 aromatic carbocycles. The van der Waals surface area contributed by atoms with Gasteiger partial charge in [-0.05, 0) is 49.4 Å². The number of anilines is 2. The molecule has 2 amide bonds. The number of halogens is 1. The molecule has 160 valence electrons. The van der Waals surface area contributed by atoms with Gasteiger partial charge in [0.2, 0.25) is 21.8 Å². The van der Waals surface area contributed by atoms with Crippen molar-refractivity contribution in [1.82, 2.24) is 4.72 Å². The molecule has 11 heteroatoms. The SMILES string of the molecule is COC(=O)c1cc(NC(=O)[C@H](C)NS(=O)(=O)c2ccc(NC(C)=O)cc2)ccc1Cl. The number of hydrogen-bond acceptors (Lipinski definition) is 6. The third kappa shape index (κ3) is 6.02. The van der Waals surface area contributed by atoms with Gasteiger partial charge in [0.1, 0.15) is 0 Å². The molecular weight excluding hydrogens is 434 g/mol. The Labute approximate surface area is 178 Å². The van der Waals surface area contributed by atoms with Crippen molar-refractivity contribution in [1.29, 1.82) is 0 Å². The van der Waals surface area contributed by atoms with E-state index in [0.717, 1.165) is 0 Å². The summed E-state index contributed by atoms with van der Waals surface area (Å²) in [4.78, 5) is 35.1. The van der Waals surface area contributed by atoms with E-state index in [4.69, 9.17) is 11.6 Å². The normalized spacial score (nSPS) is 12.0. The van der Waals surface area contributed by atoms with Gasteiger partial charge in [0.25, 0.3) is 0 Å². The molecule has 0 aliphatic carbocycles. The molecule has 0 aliphatic rings. The molecule has 0 saturated heterocycles. The lowest BCUT2D eigenvalue weighted by molar-refractivity contribution is -0.117. The van der Waals surface area contributed by atoms with E-state index in [1.807, 2.05) is 0 Å². The number of benzene rings is 2. The Morgan fingerprint density at radius 2 is 1.60 bits per heavy atom. The van der Waals surface area contributed by atoms with E-state index in [0.29, 0.717) is 5.69 Å². The highest BCUT2D eigenvalue weighted by atomic mass is 35.5. The summed E-state index contributed by atoms with van der Waals surface area (Å²) in [6.07, 6.45) is 0. The van der Waals surface area contributed by atoms with E-state index in [1.165, 1.54) is 63.4 Å². The molecule has 0 aromatic heterocycles. The fourth-order valence-electron chi connectivity index (χ4n) is 2.39. The van der Waals surface area contributed by atoms with Crippen LogP contribution in [-0.2, 0) is 24.3 Å². The van der Waals surface area contributed by atoms with Gasteiger partial charge < -0.3 is 15.4 Å². The number of rotatable bonds is 7. The van der Waals surface area contributed by atoms with Crippen molar-refractivity contribution in [3.63, 3.8) is 0 Å². The number of amides is 2. The van der Waals surface area contributed by atoms with Crippen molar-refractivity contribution in [3.8, 4) is 0 Å². The third-order valence-corrected chi connectivity index (χ3v) is 5.74. The molecule has 0 bridgehead atoms. The summed E-state index contributed by atoms with van der Waals surface area (Å²) in [5, 5.41) is 5.19. The molecule has 0 aliphatic heterocycles. The van der Waals surface area contributed by atoms with Crippen molar-refractivity contribution in [2.45, 2.75) is 24.8 Å². The summed E-state index contributed by atoms with van der Waals surface area (Å²) in [6, 6.07) is 8.56. The lowest BCUT2D eigenvalue weighted by Gasteiger charge is -2.15. The largest absolute Gasteiger partial charge is 0.465 e. The summed E-state index contributed by atoms with van der Waals surface area (Å²) >= 11 is 5.93. The molecule has 2 rings (SSSR count). The first kappa shape index (κ1) is 23.3. The minimum atomic E-state index is -3.99. The molecule has 0 fully saturated rings. The Kier molecular flexibility index (Phi) is 7.54. The number of esters is 1. The fraction of sp³-hybridized carbons (Fsp3) is 0.211. The zero-order valence-electron chi connectivity index (χ0n) is 16.4. The summed E-state index contributed by atoms with van der Waals surface area (Å²) < 4.78 is 31.9. The van der Waals surface area contributed by atoms with Crippen molar-refractivity contribution in [3.05, 3.63) is 53.1 Å². The Hall–Kier alpha value is -2.95. The van der Waals surface area contributed by atoms with Gasteiger partial charge in [0.15, 0.2) is 0 Å². The Bertz CT molecular complexity index is 1070. The van der Waals surface area contributed by atoms with Gasteiger partial charge >= 0.3 is 5.97 Å².